The smallest absolute Gasteiger partial charge is 0.180 e. The molecule has 0 unspecified atom stereocenters. The molecule has 0 bridgehead atoms. The molecule has 0 fully saturated rings. The Morgan fingerprint density at radius 1 is 1.33 bits per heavy atom. The first-order valence-electron chi connectivity index (χ1n) is 6.71. The van der Waals surface area contributed by atoms with Gasteiger partial charge >= 0.3 is 0 Å². The highest BCUT2D eigenvalue weighted by Crippen LogP contribution is 2.23. The molecule has 0 aliphatic carbocycles. The Balaban J connectivity index is 1.97. The lowest BCUT2D eigenvalue weighted by Crippen LogP contribution is -2.04. The van der Waals surface area contributed by atoms with Gasteiger partial charge in [-0.15, -0.1) is 0 Å². The number of imidazole rings is 1. The Hall–Kier alpha value is -2.60. The van der Waals surface area contributed by atoms with Gasteiger partial charge in [0.2, 0.25) is 0 Å². The number of nitrogens with two attached hydrogens (primary N) is 1. The highest BCUT2D eigenvalue weighted by molar-refractivity contribution is 5.72. The maximum atomic E-state index is 5.84. The van der Waals surface area contributed by atoms with Crippen LogP contribution in [0.15, 0.2) is 42.9 Å². The highest BCUT2D eigenvalue weighted by Gasteiger charge is 2.09. The number of hydrogen-bond donors (Lipinski definition) is 2. The van der Waals surface area contributed by atoms with Crippen molar-refractivity contribution in [3.8, 4) is 0 Å². The van der Waals surface area contributed by atoms with Crippen LogP contribution in [0.3, 0.4) is 0 Å². The van der Waals surface area contributed by atoms with Crippen molar-refractivity contribution in [2.75, 3.05) is 24.8 Å². The van der Waals surface area contributed by atoms with Gasteiger partial charge in [-0.3, -0.25) is 0 Å². The normalized spacial score (nSPS) is 10.9. The molecule has 2 heterocycles. The number of nitrogen functional groups attached to an aromatic ring is 1. The summed E-state index contributed by atoms with van der Waals surface area (Å²) in [7, 11) is 1.70. The van der Waals surface area contributed by atoms with Gasteiger partial charge in [-0.25, -0.2) is 9.97 Å². The zero-order valence-corrected chi connectivity index (χ0v) is 11.8. The van der Waals surface area contributed by atoms with Crippen molar-refractivity contribution >= 4 is 23.0 Å². The van der Waals surface area contributed by atoms with Crippen LogP contribution in [-0.2, 0) is 11.2 Å². The fraction of sp³-hybridized carbons (Fsp3) is 0.200. The fourth-order valence-electron chi connectivity index (χ4n) is 2.23. The Morgan fingerprint density at radius 3 is 3.05 bits per heavy atom. The van der Waals surface area contributed by atoms with E-state index in [0.717, 1.165) is 23.3 Å². The second-order valence-corrected chi connectivity index (χ2v) is 4.70. The summed E-state index contributed by atoms with van der Waals surface area (Å²) in [6.07, 6.45) is 6.13. The largest absolute Gasteiger partial charge is 0.384 e. The van der Waals surface area contributed by atoms with Crippen LogP contribution in [0.4, 0.5) is 17.3 Å². The molecule has 0 aliphatic heterocycles. The fourth-order valence-corrected chi connectivity index (χ4v) is 2.23. The van der Waals surface area contributed by atoms with Gasteiger partial charge in [0.25, 0.3) is 0 Å². The minimum absolute atomic E-state index is 0.442. The molecule has 0 saturated heterocycles. The SMILES string of the molecule is COCCc1ccccc1Nc1nc(N)cn2ccnc12. The minimum atomic E-state index is 0.442. The summed E-state index contributed by atoms with van der Waals surface area (Å²) in [5, 5.41) is 3.32. The summed E-state index contributed by atoms with van der Waals surface area (Å²) < 4.78 is 7.00. The van der Waals surface area contributed by atoms with E-state index in [9.17, 15) is 0 Å². The molecule has 0 atom stereocenters. The van der Waals surface area contributed by atoms with Gasteiger partial charge < -0.3 is 20.2 Å². The van der Waals surface area contributed by atoms with Crippen molar-refractivity contribution < 1.29 is 4.74 Å². The average molecular weight is 283 g/mol. The summed E-state index contributed by atoms with van der Waals surface area (Å²) in [5.41, 5.74) is 8.72. The van der Waals surface area contributed by atoms with E-state index in [4.69, 9.17) is 10.5 Å². The van der Waals surface area contributed by atoms with E-state index >= 15 is 0 Å². The highest BCUT2D eigenvalue weighted by atomic mass is 16.5. The van der Waals surface area contributed by atoms with Gasteiger partial charge in [0.1, 0.15) is 5.82 Å². The monoisotopic (exact) mass is 283 g/mol. The number of hydrogen-bond acceptors (Lipinski definition) is 5. The Bertz CT molecular complexity index is 753. The number of ether oxygens (including phenoxy) is 1. The molecule has 0 saturated carbocycles. The van der Waals surface area contributed by atoms with E-state index in [0.29, 0.717) is 18.2 Å². The van der Waals surface area contributed by atoms with E-state index in [1.807, 2.05) is 28.8 Å². The Morgan fingerprint density at radius 2 is 2.19 bits per heavy atom. The third kappa shape index (κ3) is 2.80. The molecule has 3 rings (SSSR count). The van der Waals surface area contributed by atoms with E-state index in [2.05, 4.69) is 21.4 Å². The number of anilines is 3. The summed E-state index contributed by atoms with van der Waals surface area (Å²) >= 11 is 0. The van der Waals surface area contributed by atoms with E-state index in [1.54, 1.807) is 19.5 Å². The van der Waals surface area contributed by atoms with Gasteiger partial charge in [0.15, 0.2) is 11.5 Å². The number of rotatable bonds is 5. The summed E-state index contributed by atoms with van der Waals surface area (Å²) in [4.78, 5) is 8.65. The van der Waals surface area contributed by atoms with Gasteiger partial charge in [0, 0.05) is 25.2 Å². The molecular formula is C15H17N5O. The van der Waals surface area contributed by atoms with Crippen molar-refractivity contribution in [2.45, 2.75) is 6.42 Å². The van der Waals surface area contributed by atoms with Crippen molar-refractivity contribution in [1.82, 2.24) is 14.4 Å². The molecule has 3 aromatic rings. The van der Waals surface area contributed by atoms with Gasteiger partial charge in [-0.05, 0) is 18.1 Å². The molecule has 21 heavy (non-hydrogen) atoms. The Labute approximate surface area is 122 Å². The maximum absolute atomic E-state index is 5.84. The summed E-state index contributed by atoms with van der Waals surface area (Å²) in [6, 6.07) is 8.06. The van der Waals surface area contributed by atoms with Gasteiger partial charge in [-0.1, -0.05) is 18.2 Å². The number of aromatic nitrogens is 3. The van der Waals surface area contributed by atoms with E-state index in [-0.39, 0.29) is 0 Å². The third-order valence-corrected chi connectivity index (χ3v) is 3.24. The second-order valence-electron chi connectivity index (χ2n) is 4.70. The topological polar surface area (TPSA) is 77.5 Å². The molecule has 3 N–H and O–H groups in total. The lowest BCUT2D eigenvalue weighted by molar-refractivity contribution is 0.202. The average Bonchev–Trinajstić information content (AvgIpc) is 2.94. The van der Waals surface area contributed by atoms with E-state index < -0.39 is 0 Å². The molecule has 0 amide bonds. The molecule has 2 aromatic heterocycles. The van der Waals surface area contributed by atoms with Crippen LogP contribution in [0.1, 0.15) is 5.56 Å². The zero-order valence-electron chi connectivity index (χ0n) is 11.8. The van der Waals surface area contributed by atoms with E-state index in [1.165, 1.54) is 0 Å². The first kappa shape index (κ1) is 13.4. The standard InChI is InChI=1S/C15H17N5O/c1-21-9-6-11-4-2-3-5-12(11)18-14-15-17-7-8-20(15)10-13(16)19-14/h2-5,7-8,10H,6,9,16H2,1H3,(H,18,19). The predicted octanol–water partition coefficient (Wildman–Crippen LogP) is 2.24. The lowest BCUT2D eigenvalue weighted by atomic mass is 10.1. The molecule has 0 radical (unpaired) electrons. The van der Waals surface area contributed by atoms with Gasteiger partial charge in [0.05, 0.1) is 12.8 Å². The molecule has 108 valence electrons. The Kier molecular flexibility index (Phi) is 3.70. The first-order valence-corrected chi connectivity index (χ1v) is 6.71. The molecule has 1 aromatic carbocycles. The van der Waals surface area contributed by atoms with Crippen LogP contribution >= 0.6 is 0 Å². The number of nitrogens with one attached hydrogen (secondary N) is 1. The first-order chi connectivity index (χ1) is 10.3. The molecular weight excluding hydrogens is 266 g/mol. The maximum Gasteiger partial charge on any atom is 0.180 e. The number of nitrogens with zero attached hydrogens (tertiary/aromatic N) is 3. The summed E-state index contributed by atoms with van der Waals surface area (Å²) in [6.45, 7) is 0.668. The van der Waals surface area contributed by atoms with Crippen LogP contribution in [-0.4, -0.2) is 28.1 Å². The number of para-hydroxylation sites is 1. The number of methoxy groups -OCH3 is 1. The van der Waals surface area contributed by atoms with Crippen molar-refractivity contribution in [1.29, 1.82) is 0 Å². The minimum Gasteiger partial charge on any atom is -0.384 e. The van der Waals surface area contributed by atoms with Crippen molar-refractivity contribution in [3.05, 3.63) is 48.4 Å². The quantitative estimate of drug-likeness (QED) is 0.751. The van der Waals surface area contributed by atoms with Crippen molar-refractivity contribution in [2.24, 2.45) is 0 Å². The van der Waals surface area contributed by atoms with Crippen molar-refractivity contribution in [3.63, 3.8) is 0 Å². The molecule has 6 heteroatoms. The molecule has 6 nitrogen and oxygen atoms in total. The third-order valence-electron chi connectivity index (χ3n) is 3.24. The summed E-state index contributed by atoms with van der Waals surface area (Å²) in [5.74, 6) is 1.09. The molecule has 0 aliphatic rings. The van der Waals surface area contributed by atoms with Crippen LogP contribution in [0.2, 0.25) is 0 Å². The second kappa shape index (κ2) is 5.80. The van der Waals surface area contributed by atoms with Crippen LogP contribution in [0.5, 0.6) is 0 Å². The van der Waals surface area contributed by atoms with Crippen LogP contribution in [0, 0.1) is 0 Å². The van der Waals surface area contributed by atoms with Gasteiger partial charge in [-0.2, -0.15) is 0 Å². The lowest BCUT2D eigenvalue weighted by Gasteiger charge is -2.12. The number of benzene rings is 1. The molecule has 0 spiro atoms. The predicted molar refractivity (Wildman–Crippen MR) is 82.7 cm³/mol. The van der Waals surface area contributed by atoms with Crippen LogP contribution in [0.25, 0.3) is 5.65 Å². The zero-order chi connectivity index (χ0) is 14.7. The number of fused-ring (bicyclic) bond motifs is 1. The van der Waals surface area contributed by atoms with Crippen LogP contribution < -0.4 is 11.1 Å².